The first-order valence-corrected chi connectivity index (χ1v) is 12.7. The van der Waals surface area contributed by atoms with Crippen LogP contribution in [0, 0.1) is 0 Å². The van der Waals surface area contributed by atoms with Gasteiger partial charge in [0.2, 0.25) is 10.0 Å². The highest BCUT2D eigenvalue weighted by atomic mass is 32.2. The van der Waals surface area contributed by atoms with Gasteiger partial charge in [0.05, 0.1) is 23.0 Å². The molecule has 0 spiro atoms. The highest BCUT2D eigenvalue weighted by Gasteiger charge is 2.26. The van der Waals surface area contributed by atoms with Gasteiger partial charge in [0.25, 0.3) is 10.0 Å². The quantitative estimate of drug-likeness (QED) is 0.559. The summed E-state index contributed by atoms with van der Waals surface area (Å²) in [4.78, 5) is 3.91. The van der Waals surface area contributed by atoms with Gasteiger partial charge in [-0.25, -0.2) is 16.8 Å². The van der Waals surface area contributed by atoms with Crippen LogP contribution >= 0.6 is 0 Å². The molecule has 0 bridgehead atoms. The molecule has 1 aliphatic heterocycles. The summed E-state index contributed by atoms with van der Waals surface area (Å²) in [6.07, 6.45) is 3.21. The minimum absolute atomic E-state index is 0.0379. The third kappa shape index (κ3) is 5.07. The lowest BCUT2D eigenvalue weighted by Crippen LogP contribution is -2.40. The second-order valence-corrected chi connectivity index (χ2v) is 10.5. The molecule has 168 valence electrons. The van der Waals surface area contributed by atoms with Gasteiger partial charge in [0, 0.05) is 31.2 Å². The smallest absolute Gasteiger partial charge is 0.261 e. The fourth-order valence-corrected chi connectivity index (χ4v) is 5.54. The van der Waals surface area contributed by atoms with Crippen LogP contribution < -0.4 is 9.46 Å². The van der Waals surface area contributed by atoms with Crippen LogP contribution in [0.5, 0.6) is 11.5 Å². The third-order valence-corrected chi connectivity index (χ3v) is 8.04. The highest BCUT2D eigenvalue weighted by Crippen LogP contribution is 2.25. The molecule has 1 aromatic heterocycles. The van der Waals surface area contributed by atoms with Gasteiger partial charge >= 0.3 is 0 Å². The average Bonchev–Trinajstić information content (AvgIpc) is 2.81. The molecule has 32 heavy (non-hydrogen) atoms. The molecule has 0 atom stereocenters. The van der Waals surface area contributed by atoms with E-state index in [1.54, 1.807) is 48.8 Å². The van der Waals surface area contributed by atoms with Gasteiger partial charge in [-0.1, -0.05) is 0 Å². The Hall–Kier alpha value is -2.99. The Morgan fingerprint density at radius 1 is 0.781 bits per heavy atom. The van der Waals surface area contributed by atoms with Crippen LogP contribution in [-0.2, 0) is 24.8 Å². The van der Waals surface area contributed by atoms with E-state index in [0.29, 0.717) is 30.4 Å². The Morgan fingerprint density at radius 3 is 1.97 bits per heavy atom. The van der Waals surface area contributed by atoms with Gasteiger partial charge in [0.1, 0.15) is 11.5 Å². The zero-order valence-electron chi connectivity index (χ0n) is 16.9. The molecule has 11 heteroatoms. The van der Waals surface area contributed by atoms with Gasteiger partial charge in [-0.15, -0.1) is 0 Å². The molecule has 2 aromatic carbocycles. The van der Waals surface area contributed by atoms with Gasteiger partial charge in [-0.05, 0) is 60.7 Å². The number of nitrogens with one attached hydrogen (secondary N) is 1. The Labute approximate surface area is 186 Å². The average molecular weight is 476 g/mol. The highest BCUT2D eigenvalue weighted by molar-refractivity contribution is 7.92. The van der Waals surface area contributed by atoms with Gasteiger partial charge in [-0.3, -0.25) is 9.71 Å². The number of nitrogens with zero attached hydrogens (tertiary/aromatic N) is 2. The van der Waals surface area contributed by atoms with Crippen molar-refractivity contribution in [2.45, 2.75) is 9.79 Å². The molecule has 1 aliphatic rings. The molecular formula is C21H21N3O6S2. The molecule has 0 amide bonds. The number of hydrogen-bond donors (Lipinski definition) is 1. The van der Waals surface area contributed by atoms with Crippen LogP contribution in [0.1, 0.15) is 0 Å². The fraction of sp³-hybridized carbons (Fsp3) is 0.190. The number of aromatic nitrogens is 1. The lowest BCUT2D eigenvalue weighted by molar-refractivity contribution is 0.0730. The Morgan fingerprint density at radius 2 is 1.34 bits per heavy atom. The minimum Gasteiger partial charge on any atom is -0.457 e. The SMILES string of the molecule is O=S(=O)(Nc1ccc(Oc2ccncc2)cc1)c1ccc(S(=O)(=O)N2CCOCC2)cc1. The van der Waals surface area contributed by atoms with Gasteiger partial charge < -0.3 is 9.47 Å². The maximum Gasteiger partial charge on any atom is 0.261 e. The number of rotatable bonds is 7. The number of pyridine rings is 1. The van der Waals surface area contributed by atoms with Crippen LogP contribution in [-0.4, -0.2) is 52.4 Å². The van der Waals surface area contributed by atoms with E-state index < -0.39 is 20.0 Å². The van der Waals surface area contributed by atoms with Gasteiger partial charge in [0.15, 0.2) is 0 Å². The maximum absolute atomic E-state index is 12.7. The number of hydrogen-bond acceptors (Lipinski definition) is 7. The van der Waals surface area contributed by atoms with E-state index in [1.807, 2.05) is 0 Å². The second-order valence-electron chi connectivity index (χ2n) is 6.90. The molecule has 3 aromatic rings. The summed E-state index contributed by atoms with van der Waals surface area (Å²) >= 11 is 0. The standard InChI is InChI=1S/C21H21N3O6S2/c25-31(26,23-17-1-3-18(4-2-17)30-19-9-11-22-12-10-19)20-5-7-21(8-6-20)32(27,28)24-13-15-29-16-14-24/h1-12,23H,13-16H2. The van der Waals surface area contributed by atoms with Crippen molar-refractivity contribution in [1.29, 1.82) is 0 Å². The first-order chi connectivity index (χ1) is 15.3. The molecule has 1 saturated heterocycles. The number of morpholine rings is 1. The summed E-state index contributed by atoms with van der Waals surface area (Å²) in [7, 11) is -7.59. The van der Waals surface area contributed by atoms with E-state index in [9.17, 15) is 16.8 Å². The summed E-state index contributed by atoms with van der Waals surface area (Å²) in [5.74, 6) is 1.15. The van der Waals surface area contributed by atoms with Crippen LogP contribution in [0.4, 0.5) is 5.69 Å². The third-order valence-electron chi connectivity index (χ3n) is 4.73. The molecule has 0 radical (unpaired) electrons. The van der Waals surface area contributed by atoms with Crippen molar-refractivity contribution in [2.24, 2.45) is 0 Å². The van der Waals surface area contributed by atoms with E-state index in [-0.39, 0.29) is 22.9 Å². The van der Waals surface area contributed by atoms with Crippen LogP contribution in [0.3, 0.4) is 0 Å². The lowest BCUT2D eigenvalue weighted by Gasteiger charge is -2.26. The number of ether oxygens (including phenoxy) is 2. The predicted molar refractivity (Wildman–Crippen MR) is 118 cm³/mol. The predicted octanol–water partition coefficient (Wildman–Crippen LogP) is 2.70. The van der Waals surface area contributed by atoms with Crippen LogP contribution in [0.25, 0.3) is 0 Å². The molecular weight excluding hydrogens is 454 g/mol. The van der Waals surface area contributed by atoms with E-state index in [1.165, 1.54) is 28.6 Å². The van der Waals surface area contributed by atoms with E-state index in [0.717, 1.165) is 0 Å². The molecule has 9 nitrogen and oxygen atoms in total. The largest absolute Gasteiger partial charge is 0.457 e. The molecule has 2 heterocycles. The zero-order valence-corrected chi connectivity index (χ0v) is 18.6. The minimum atomic E-state index is -3.90. The fourth-order valence-electron chi connectivity index (χ4n) is 3.07. The first kappa shape index (κ1) is 22.2. The van der Waals surface area contributed by atoms with Crippen molar-refractivity contribution < 1.29 is 26.3 Å². The molecule has 0 aliphatic carbocycles. The molecule has 4 rings (SSSR count). The van der Waals surface area contributed by atoms with Crippen molar-refractivity contribution in [2.75, 3.05) is 31.0 Å². The number of sulfonamides is 2. The topological polar surface area (TPSA) is 115 Å². The number of benzene rings is 2. The Bertz CT molecular complexity index is 1260. The molecule has 1 fully saturated rings. The zero-order chi connectivity index (χ0) is 22.6. The summed E-state index contributed by atoms with van der Waals surface area (Å²) in [6, 6.07) is 15.0. The van der Waals surface area contributed by atoms with Gasteiger partial charge in [-0.2, -0.15) is 4.31 Å². The number of anilines is 1. The molecule has 0 saturated carbocycles. The van der Waals surface area contributed by atoms with E-state index in [2.05, 4.69) is 9.71 Å². The van der Waals surface area contributed by atoms with Crippen LogP contribution in [0.15, 0.2) is 82.8 Å². The van der Waals surface area contributed by atoms with E-state index in [4.69, 9.17) is 9.47 Å². The van der Waals surface area contributed by atoms with Crippen molar-refractivity contribution in [3.63, 3.8) is 0 Å². The Balaban J connectivity index is 1.45. The van der Waals surface area contributed by atoms with Crippen molar-refractivity contribution >= 4 is 25.7 Å². The Kier molecular flexibility index (Phi) is 6.42. The molecule has 1 N–H and O–H groups in total. The second kappa shape index (κ2) is 9.25. The summed E-state index contributed by atoms with van der Waals surface area (Å²) < 4.78 is 65.5. The maximum atomic E-state index is 12.7. The summed E-state index contributed by atoms with van der Waals surface area (Å²) in [6.45, 7) is 1.21. The normalized spacial score (nSPS) is 15.2. The van der Waals surface area contributed by atoms with Crippen molar-refractivity contribution in [3.8, 4) is 11.5 Å². The van der Waals surface area contributed by atoms with Crippen LogP contribution in [0.2, 0.25) is 0 Å². The summed E-state index contributed by atoms with van der Waals surface area (Å²) in [5, 5.41) is 0. The lowest BCUT2D eigenvalue weighted by atomic mass is 10.3. The summed E-state index contributed by atoms with van der Waals surface area (Å²) in [5.41, 5.74) is 0.345. The van der Waals surface area contributed by atoms with Crippen molar-refractivity contribution in [1.82, 2.24) is 9.29 Å². The van der Waals surface area contributed by atoms with Crippen molar-refractivity contribution in [3.05, 3.63) is 73.1 Å². The first-order valence-electron chi connectivity index (χ1n) is 9.73. The van der Waals surface area contributed by atoms with E-state index >= 15 is 0 Å². The monoisotopic (exact) mass is 475 g/mol. The molecule has 0 unspecified atom stereocenters.